The van der Waals surface area contributed by atoms with Gasteiger partial charge in [0.25, 0.3) is 5.91 Å². The number of para-hydroxylation sites is 2. The average molecular weight is 376 g/mol. The van der Waals surface area contributed by atoms with E-state index < -0.39 is 0 Å². The molecule has 0 aliphatic carbocycles. The van der Waals surface area contributed by atoms with Crippen LogP contribution in [0.2, 0.25) is 0 Å². The predicted molar refractivity (Wildman–Crippen MR) is 107 cm³/mol. The Morgan fingerprint density at radius 1 is 1.29 bits per heavy atom. The zero-order valence-electron chi connectivity index (χ0n) is 15.7. The number of nitriles is 1. The number of nitrogens with zero attached hydrogens (tertiary/aromatic N) is 2. The molecule has 0 radical (unpaired) electrons. The summed E-state index contributed by atoms with van der Waals surface area (Å²) < 4.78 is 10.9. The van der Waals surface area contributed by atoms with E-state index in [1.54, 1.807) is 24.3 Å². The van der Waals surface area contributed by atoms with E-state index in [-0.39, 0.29) is 12.5 Å². The van der Waals surface area contributed by atoms with Crippen molar-refractivity contribution in [1.82, 2.24) is 15.3 Å². The lowest BCUT2D eigenvalue weighted by Crippen LogP contribution is -2.28. The van der Waals surface area contributed by atoms with Gasteiger partial charge in [-0.05, 0) is 42.8 Å². The number of benzene rings is 2. The van der Waals surface area contributed by atoms with Crippen LogP contribution in [-0.2, 0) is 4.79 Å². The number of allylic oxidation sites excluding steroid dienone is 1. The number of ether oxygens (including phenoxy) is 2. The molecule has 2 N–H and O–H groups in total. The number of fused-ring (bicyclic) bond motifs is 1. The molecule has 0 fully saturated rings. The highest BCUT2D eigenvalue weighted by Crippen LogP contribution is 2.29. The third kappa shape index (κ3) is 4.30. The Bertz CT molecular complexity index is 1030. The molecule has 0 aliphatic rings. The van der Waals surface area contributed by atoms with Gasteiger partial charge in [-0.3, -0.25) is 4.79 Å². The van der Waals surface area contributed by atoms with E-state index in [2.05, 4.69) is 21.4 Å². The number of likely N-dealkylation sites (N-methyl/N-ethyl adjacent to an activating group) is 1. The smallest absolute Gasteiger partial charge is 0.257 e. The second kappa shape index (κ2) is 8.73. The van der Waals surface area contributed by atoms with Gasteiger partial charge in [0.05, 0.1) is 23.7 Å². The molecule has 0 atom stereocenters. The van der Waals surface area contributed by atoms with Crippen LogP contribution in [-0.4, -0.2) is 36.1 Å². The van der Waals surface area contributed by atoms with Crippen molar-refractivity contribution < 1.29 is 14.3 Å². The van der Waals surface area contributed by atoms with Crippen LogP contribution < -0.4 is 14.8 Å². The molecule has 0 aliphatic heterocycles. The summed E-state index contributed by atoms with van der Waals surface area (Å²) in [4.78, 5) is 19.2. The Labute approximate surface area is 162 Å². The number of methoxy groups -OCH3 is 1. The van der Waals surface area contributed by atoms with Gasteiger partial charge in [-0.25, -0.2) is 4.98 Å². The van der Waals surface area contributed by atoms with Crippen LogP contribution in [0.25, 0.3) is 22.7 Å². The Balaban J connectivity index is 1.85. The molecule has 3 aromatic rings. The number of nitrogens with one attached hydrogen (secondary N) is 2. The van der Waals surface area contributed by atoms with E-state index in [4.69, 9.17) is 9.47 Å². The first-order valence-corrected chi connectivity index (χ1v) is 8.79. The maximum Gasteiger partial charge on any atom is 0.257 e. The van der Waals surface area contributed by atoms with Gasteiger partial charge < -0.3 is 19.8 Å². The lowest BCUT2D eigenvalue weighted by Gasteiger charge is -2.11. The number of rotatable bonds is 7. The van der Waals surface area contributed by atoms with E-state index in [0.717, 1.165) is 16.6 Å². The summed E-state index contributed by atoms with van der Waals surface area (Å²) in [5.74, 6) is 1.22. The quantitative estimate of drug-likeness (QED) is 0.617. The first kappa shape index (κ1) is 19.0. The number of amides is 1. The number of hydrogen-bond donors (Lipinski definition) is 2. The van der Waals surface area contributed by atoms with Crippen molar-refractivity contribution in [3.05, 3.63) is 53.9 Å². The minimum absolute atomic E-state index is 0.0954. The van der Waals surface area contributed by atoms with E-state index in [0.29, 0.717) is 29.4 Å². The summed E-state index contributed by atoms with van der Waals surface area (Å²) in [6, 6.07) is 15.0. The number of aromatic amines is 1. The minimum Gasteiger partial charge on any atom is -0.493 e. The largest absolute Gasteiger partial charge is 0.493 e. The molecule has 0 saturated carbocycles. The van der Waals surface area contributed by atoms with E-state index in [1.807, 2.05) is 31.2 Å². The van der Waals surface area contributed by atoms with Gasteiger partial charge in [-0.15, -0.1) is 0 Å². The highest BCUT2D eigenvalue weighted by atomic mass is 16.5. The number of carbonyl (C=O) groups excluding carboxylic acids is 1. The normalized spacial score (nSPS) is 11.1. The van der Waals surface area contributed by atoms with Crippen molar-refractivity contribution in [2.45, 2.75) is 6.92 Å². The van der Waals surface area contributed by atoms with Crippen molar-refractivity contribution in [3.63, 3.8) is 0 Å². The molecule has 0 unspecified atom stereocenters. The molecular weight excluding hydrogens is 356 g/mol. The molecule has 7 nitrogen and oxygen atoms in total. The molecule has 3 rings (SSSR count). The number of hydrogen-bond acceptors (Lipinski definition) is 5. The van der Waals surface area contributed by atoms with Crippen molar-refractivity contribution in [2.75, 3.05) is 20.3 Å². The van der Waals surface area contributed by atoms with Crippen molar-refractivity contribution in [3.8, 4) is 17.6 Å². The second-order valence-electron chi connectivity index (χ2n) is 5.92. The minimum atomic E-state index is -0.204. The fourth-order valence-corrected chi connectivity index (χ4v) is 2.69. The summed E-state index contributed by atoms with van der Waals surface area (Å²) in [7, 11) is 1.52. The monoisotopic (exact) mass is 376 g/mol. The standard InChI is InChI=1S/C21H20N4O3/c1-3-23-20(26)13-28-18-9-8-14(11-19(18)27-2)10-15(12-22)21-24-16-6-4-5-7-17(16)25-21/h4-11H,3,13H2,1-2H3,(H,23,26)(H,24,25)/b15-10+. The number of imidazole rings is 1. The van der Waals surface area contributed by atoms with Crippen molar-refractivity contribution in [1.29, 1.82) is 5.26 Å². The fraction of sp³-hybridized carbons (Fsp3) is 0.190. The Morgan fingerprint density at radius 3 is 2.82 bits per heavy atom. The summed E-state index contributed by atoms with van der Waals surface area (Å²) in [5, 5.41) is 12.2. The van der Waals surface area contributed by atoms with Crippen molar-refractivity contribution in [2.24, 2.45) is 0 Å². The molecule has 1 heterocycles. The second-order valence-corrected chi connectivity index (χ2v) is 5.92. The van der Waals surface area contributed by atoms with Crippen LogP contribution in [0.4, 0.5) is 0 Å². The fourth-order valence-electron chi connectivity index (χ4n) is 2.69. The molecule has 0 saturated heterocycles. The van der Waals surface area contributed by atoms with Gasteiger partial charge in [-0.1, -0.05) is 18.2 Å². The summed E-state index contributed by atoms with van der Waals surface area (Å²) in [6.45, 7) is 2.29. The zero-order chi connectivity index (χ0) is 19.9. The predicted octanol–water partition coefficient (Wildman–Crippen LogP) is 3.15. The third-order valence-corrected chi connectivity index (χ3v) is 4.00. The lowest BCUT2D eigenvalue weighted by atomic mass is 10.1. The maximum absolute atomic E-state index is 11.6. The number of H-pyrrole nitrogens is 1. The molecule has 1 aromatic heterocycles. The maximum atomic E-state index is 11.6. The van der Waals surface area contributed by atoms with Crippen LogP contribution >= 0.6 is 0 Å². The topological polar surface area (TPSA) is 100 Å². The van der Waals surface area contributed by atoms with Crippen LogP contribution in [0.1, 0.15) is 18.3 Å². The van der Waals surface area contributed by atoms with Gasteiger partial charge in [0.15, 0.2) is 18.1 Å². The molecule has 7 heteroatoms. The average Bonchev–Trinajstić information content (AvgIpc) is 3.15. The number of carbonyl (C=O) groups is 1. The highest BCUT2D eigenvalue weighted by Gasteiger charge is 2.11. The summed E-state index contributed by atoms with van der Waals surface area (Å²) in [6.07, 6.45) is 1.72. The Hall–Kier alpha value is -3.79. The Morgan fingerprint density at radius 2 is 2.11 bits per heavy atom. The third-order valence-electron chi connectivity index (χ3n) is 4.00. The van der Waals surface area contributed by atoms with Gasteiger partial charge in [-0.2, -0.15) is 5.26 Å². The van der Waals surface area contributed by atoms with E-state index in [1.165, 1.54) is 7.11 Å². The first-order chi connectivity index (χ1) is 13.6. The van der Waals surface area contributed by atoms with Gasteiger partial charge in [0.2, 0.25) is 0 Å². The van der Waals surface area contributed by atoms with E-state index in [9.17, 15) is 10.1 Å². The summed E-state index contributed by atoms with van der Waals surface area (Å²) in [5.41, 5.74) is 2.81. The van der Waals surface area contributed by atoms with Crippen LogP contribution in [0.15, 0.2) is 42.5 Å². The molecule has 0 spiro atoms. The van der Waals surface area contributed by atoms with Crippen LogP contribution in [0.3, 0.4) is 0 Å². The molecule has 0 bridgehead atoms. The van der Waals surface area contributed by atoms with Crippen LogP contribution in [0.5, 0.6) is 11.5 Å². The van der Waals surface area contributed by atoms with Gasteiger partial charge >= 0.3 is 0 Å². The molecular formula is C21H20N4O3. The Kier molecular flexibility index (Phi) is 5.92. The molecule has 142 valence electrons. The number of aromatic nitrogens is 2. The van der Waals surface area contributed by atoms with Gasteiger partial charge in [0.1, 0.15) is 11.9 Å². The SMILES string of the molecule is CCNC(=O)COc1ccc(/C=C(\C#N)c2nc3ccccc3[nH]2)cc1OC. The zero-order valence-corrected chi connectivity index (χ0v) is 15.7. The van der Waals surface area contributed by atoms with Gasteiger partial charge in [0, 0.05) is 6.54 Å². The van der Waals surface area contributed by atoms with E-state index >= 15 is 0 Å². The summed E-state index contributed by atoms with van der Waals surface area (Å²) >= 11 is 0. The molecule has 2 aromatic carbocycles. The molecule has 28 heavy (non-hydrogen) atoms. The lowest BCUT2D eigenvalue weighted by molar-refractivity contribution is -0.123. The highest BCUT2D eigenvalue weighted by molar-refractivity contribution is 5.90. The van der Waals surface area contributed by atoms with Crippen LogP contribution in [0, 0.1) is 11.3 Å². The first-order valence-electron chi connectivity index (χ1n) is 8.79. The van der Waals surface area contributed by atoms with Crippen molar-refractivity contribution >= 4 is 28.6 Å². The molecule has 1 amide bonds.